The number of carboxylic acid groups (broad SMARTS) is 1. The summed E-state index contributed by atoms with van der Waals surface area (Å²) in [5, 5.41) is 15.5. The molecule has 0 amide bonds. The van der Waals surface area contributed by atoms with Crippen molar-refractivity contribution in [2.75, 3.05) is 24.6 Å². The predicted octanol–water partition coefficient (Wildman–Crippen LogP) is 7.03. The maximum Gasteiger partial charge on any atom is 0.337 e. The van der Waals surface area contributed by atoms with Crippen LogP contribution in [0.3, 0.4) is 0 Å². The molecule has 0 unspecified atom stereocenters. The number of carbonyl (C=O) groups is 1. The second-order valence-electron chi connectivity index (χ2n) is 13.3. The number of aromatic nitrogens is 3. The van der Waals surface area contributed by atoms with Gasteiger partial charge in [0.2, 0.25) is 0 Å². The number of piperidine rings is 1. The largest absolute Gasteiger partial charge is 0.486 e. The fourth-order valence-electron chi connectivity index (χ4n) is 6.18. The molecule has 2 atom stereocenters. The summed E-state index contributed by atoms with van der Waals surface area (Å²) in [6.07, 6.45) is 4.22. The molecule has 4 aromatic rings. The number of hydrogen-bond acceptors (Lipinski definition) is 7. The summed E-state index contributed by atoms with van der Waals surface area (Å²) in [4.78, 5) is 19.9. The van der Waals surface area contributed by atoms with E-state index in [9.17, 15) is 9.90 Å². The standard InChI is InChI=1S/C36H42N4O5/c1-23-11-10-20-43-36(6)16-18-39(19-17-36)33-31(32(34(41)42)45-35(3,4)5)24(2)37-30-22-28(38-40(30)33)26-13-9-12-25(21-26)27-14-7-8-15-29(27)44-23/h7-15,21-23,32H,16-20H2,1-6H3,(H,41,42)/t23-,32+/m1/s1. The van der Waals surface area contributed by atoms with Crippen LogP contribution in [0.15, 0.2) is 66.7 Å². The van der Waals surface area contributed by atoms with Crippen molar-refractivity contribution in [3.05, 3.63) is 78.0 Å². The molecule has 2 aromatic carbocycles. The summed E-state index contributed by atoms with van der Waals surface area (Å²) >= 11 is 0. The maximum atomic E-state index is 12.8. The van der Waals surface area contributed by atoms with Crippen LogP contribution in [0.1, 0.15) is 64.8 Å². The first-order valence-corrected chi connectivity index (χ1v) is 15.6. The van der Waals surface area contributed by atoms with E-state index in [1.54, 1.807) is 4.52 Å². The first-order valence-electron chi connectivity index (χ1n) is 15.6. The fourth-order valence-corrected chi connectivity index (χ4v) is 6.18. The zero-order valence-corrected chi connectivity index (χ0v) is 26.9. The highest BCUT2D eigenvalue weighted by Gasteiger charge is 2.37. The molecule has 0 saturated carbocycles. The van der Waals surface area contributed by atoms with Gasteiger partial charge in [0.05, 0.1) is 29.1 Å². The van der Waals surface area contributed by atoms with Crippen LogP contribution in [0.2, 0.25) is 0 Å². The molecule has 2 aromatic heterocycles. The Morgan fingerprint density at radius 1 is 1.09 bits per heavy atom. The Morgan fingerprint density at radius 3 is 2.56 bits per heavy atom. The smallest absolute Gasteiger partial charge is 0.337 e. The Balaban J connectivity index is 1.55. The van der Waals surface area contributed by atoms with Gasteiger partial charge in [0.15, 0.2) is 11.8 Å². The molecule has 1 fully saturated rings. The molecule has 236 valence electrons. The number of fused-ring (bicyclic) bond motifs is 6. The molecular formula is C36H42N4O5. The predicted molar refractivity (Wildman–Crippen MR) is 175 cm³/mol. The lowest BCUT2D eigenvalue weighted by atomic mass is 9.92. The third kappa shape index (κ3) is 6.46. The summed E-state index contributed by atoms with van der Waals surface area (Å²) in [6.45, 7) is 13.4. The van der Waals surface area contributed by atoms with Crippen LogP contribution in [0.4, 0.5) is 5.82 Å². The minimum absolute atomic E-state index is 0.143. The molecule has 0 radical (unpaired) electrons. The fraction of sp³-hybridized carbons (Fsp3) is 0.417. The Labute approximate surface area is 264 Å². The lowest BCUT2D eigenvalue weighted by molar-refractivity contribution is -0.160. The van der Waals surface area contributed by atoms with E-state index in [4.69, 9.17) is 24.3 Å². The van der Waals surface area contributed by atoms with E-state index < -0.39 is 17.7 Å². The van der Waals surface area contributed by atoms with Gasteiger partial charge >= 0.3 is 5.97 Å². The van der Waals surface area contributed by atoms with Gasteiger partial charge in [-0.3, -0.25) is 0 Å². The number of hydrogen-bond donors (Lipinski definition) is 1. The molecule has 45 heavy (non-hydrogen) atoms. The zero-order chi connectivity index (χ0) is 31.9. The highest BCUT2D eigenvalue weighted by molar-refractivity contribution is 5.80. The maximum absolute atomic E-state index is 12.8. The van der Waals surface area contributed by atoms with Crippen molar-refractivity contribution in [3.8, 4) is 28.1 Å². The monoisotopic (exact) mass is 610 g/mol. The van der Waals surface area contributed by atoms with Gasteiger partial charge in [0.25, 0.3) is 0 Å². The SMILES string of the molecule is Cc1nc2cc3nn2c(c1[C@H](OC(C)(C)C)C(=O)O)N1CCC(C)(CC1)OCC=C[C@@H](C)Oc1ccccc1-c1cccc-3c1. The third-order valence-electron chi connectivity index (χ3n) is 8.49. The summed E-state index contributed by atoms with van der Waals surface area (Å²) < 4.78 is 20.8. The number of ether oxygens (including phenoxy) is 3. The Bertz CT molecular complexity index is 1750. The van der Waals surface area contributed by atoms with Crippen molar-refractivity contribution in [3.63, 3.8) is 0 Å². The lowest BCUT2D eigenvalue weighted by Gasteiger charge is -2.41. The summed E-state index contributed by atoms with van der Waals surface area (Å²) in [5.74, 6) is 0.430. The molecule has 1 saturated heterocycles. The van der Waals surface area contributed by atoms with Crippen LogP contribution < -0.4 is 9.64 Å². The minimum atomic E-state index is -1.22. The normalized spacial score (nSPS) is 21.1. The van der Waals surface area contributed by atoms with Crippen molar-refractivity contribution in [2.24, 2.45) is 0 Å². The number of benzene rings is 2. The van der Waals surface area contributed by atoms with Gasteiger partial charge in [-0.15, -0.1) is 0 Å². The molecule has 3 aliphatic rings. The average molecular weight is 611 g/mol. The number of rotatable bonds is 3. The second kappa shape index (κ2) is 11.9. The van der Waals surface area contributed by atoms with Gasteiger partial charge in [-0.05, 0) is 78.2 Å². The Morgan fingerprint density at radius 2 is 1.82 bits per heavy atom. The van der Waals surface area contributed by atoms with Crippen molar-refractivity contribution >= 4 is 17.4 Å². The van der Waals surface area contributed by atoms with Crippen LogP contribution in [-0.2, 0) is 14.3 Å². The number of aryl methyl sites for hydroxylation is 1. The molecule has 9 nitrogen and oxygen atoms in total. The van der Waals surface area contributed by atoms with Crippen LogP contribution in [-0.4, -0.2) is 62.7 Å². The number of nitrogens with zero attached hydrogens (tertiary/aromatic N) is 4. The van der Waals surface area contributed by atoms with Crippen molar-refractivity contribution in [1.29, 1.82) is 0 Å². The van der Waals surface area contributed by atoms with Gasteiger partial charge in [-0.2, -0.15) is 9.61 Å². The van der Waals surface area contributed by atoms with Gasteiger partial charge in [-0.25, -0.2) is 9.78 Å². The highest BCUT2D eigenvalue weighted by atomic mass is 16.5. The molecule has 1 N–H and O–H groups in total. The quantitative estimate of drug-likeness (QED) is 0.247. The van der Waals surface area contributed by atoms with Crippen LogP contribution in [0, 0.1) is 6.92 Å². The van der Waals surface area contributed by atoms with Crippen molar-refractivity contribution in [2.45, 2.75) is 77.8 Å². The van der Waals surface area contributed by atoms with E-state index in [0.717, 1.165) is 41.0 Å². The van der Waals surface area contributed by atoms with Gasteiger partial charge in [-0.1, -0.05) is 42.5 Å². The van der Waals surface area contributed by atoms with Gasteiger partial charge < -0.3 is 24.2 Å². The summed E-state index contributed by atoms with van der Waals surface area (Å²) in [5.41, 5.74) is 4.39. The lowest BCUT2D eigenvalue weighted by Crippen LogP contribution is -2.45. The number of para-hydroxylation sites is 1. The van der Waals surface area contributed by atoms with Crippen LogP contribution in [0.5, 0.6) is 5.75 Å². The van der Waals surface area contributed by atoms with Gasteiger partial charge in [0.1, 0.15) is 17.7 Å². The van der Waals surface area contributed by atoms with E-state index in [1.807, 2.05) is 83.2 Å². The first-order chi connectivity index (χ1) is 21.4. The number of aliphatic carboxylic acids is 1. The summed E-state index contributed by atoms with van der Waals surface area (Å²) in [6, 6.07) is 18.2. The second-order valence-corrected chi connectivity index (χ2v) is 13.3. The van der Waals surface area contributed by atoms with E-state index in [2.05, 4.69) is 30.0 Å². The van der Waals surface area contributed by atoms with E-state index in [-0.39, 0.29) is 11.7 Å². The van der Waals surface area contributed by atoms with E-state index >= 15 is 0 Å². The third-order valence-corrected chi connectivity index (χ3v) is 8.49. The first kappa shape index (κ1) is 30.8. The van der Waals surface area contributed by atoms with Crippen LogP contribution >= 0.6 is 0 Å². The topological polar surface area (TPSA) is 98.4 Å². The Kier molecular flexibility index (Phi) is 8.18. The van der Waals surface area contributed by atoms with Crippen LogP contribution in [0.25, 0.3) is 28.0 Å². The minimum Gasteiger partial charge on any atom is -0.486 e. The van der Waals surface area contributed by atoms with Gasteiger partial charge in [0, 0.05) is 36.0 Å². The van der Waals surface area contributed by atoms with Crippen molar-refractivity contribution in [1.82, 2.24) is 14.6 Å². The van der Waals surface area contributed by atoms with Crippen molar-refractivity contribution < 1.29 is 24.1 Å². The molecule has 5 heterocycles. The molecule has 7 rings (SSSR count). The number of carboxylic acids is 1. The number of anilines is 1. The highest BCUT2D eigenvalue weighted by Crippen LogP contribution is 2.39. The Hall–Kier alpha value is -4.21. The molecule has 9 heteroatoms. The molecule has 0 spiro atoms. The molecular weight excluding hydrogens is 568 g/mol. The molecule has 3 aliphatic heterocycles. The molecule has 0 aliphatic carbocycles. The summed E-state index contributed by atoms with van der Waals surface area (Å²) in [7, 11) is 0. The van der Waals surface area contributed by atoms with E-state index in [1.165, 1.54) is 0 Å². The van der Waals surface area contributed by atoms with E-state index in [0.29, 0.717) is 42.4 Å². The zero-order valence-electron chi connectivity index (χ0n) is 26.9. The molecule has 6 bridgehead atoms. The average Bonchev–Trinajstić information content (AvgIpc) is 3.41.